The lowest BCUT2D eigenvalue weighted by Crippen LogP contribution is -2.38. The highest BCUT2D eigenvalue weighted by molar-refractivity contribution is 7.17. The zero-order chi connectivity index (χ0) is 22.9. The Hall–Kier alpha value is -3.79. The van der Waals surface area contributed by atoms with Gasteiger partial charge in [-0.1, -0.05) is 11.3 Å². The Balaban J connectivity index is 1.32. The van der Waals surface area contributed by atoms with Gasteiger partial charge in [-0.25, -0.2) is 9.31 Å². The fourth-order valence-electron chi connectivity index (χ4n) is 3.84. The van der Waals surface area contributed by atoms with Crippen LogP contribution in [0.4, 0.5) is 10.5 Å². The van der Waals surface area contributed by atoms with Crippen LogP contribution in [0.1, 0.15) is 10.6 Å². The topological polar surface area (TPSA) is 90.2 Å². The average molecular weight is 466 g/mol. The number of nitrogens with zero attached hydrogens (tertiary/aromatic N) is 4. The third-order valence-electron chi connectivity index (χ3n) is 5.59. The molecule has 0 aliphatic carbocycles. The van der Waals surface area contributed by atoms with E-state index in [1.807, 2.05) is 28.8 Å². The van der Waals surface area contributed by atoms with Gasteiger partial charge in [-0.3, -0.25) is 0 Å². The number of aromatic nitrogens is 3. The van der Waals surface area contributed by atoms with Gasteiger partial charge in [-0.2, -0.15) is 4.98 Å². The minimum absolute atomic E-state index is 0.161. The van der Waals surface area contributed by atoms with E-state index in [9.17, 15) is 4.79 Å². The molecule has 1 N–H and O–H groups in total. The smallest absolute Gasteiger partial charge is 0.322 e. The van der Waals surface area contributed by atoms with Crippen LogP contribution in [0.15, 0.2) is 42.5 Å². The van der Waals surface area contributed by atoms with Crippen molar-refractivity contribution in [2.45, 2.75) is 13.0 Å². The number of amides is 2. The van der Waals surface area contributed by atoms with Gasteiger partial charge in [0.05, 0.1) is 33.6 Å². The number of hydrogen-bond acceptors (Lipinski definition) is 7. The van der Waals surface area contributed by atoms with Crippen molar-refractivity contribution in [3.05, 3.63) is 53.0 Å². The first-order chi connectivity index (χ1) is 16.1. The molecule has 0 saturated carbocycles. The summed E-state index contributed by atoms with van der Waals surface area (Å²) in [6, 6.07) is 12.8. The normalized spacial score (nSPS) is 13.0. The van der Waals surface area contributed by atoms with Crippen molar-refractivity contribution in [3.8, 4) is 28.6 Å². The van der Waals surface area contributed by atoms with Gasteiger partial charge in [-0.15, -0.1) is 5.10 Å². The maximum atomic E-state index is 12.9. The van der Waals surface area contributed by atoms with Gasteiger partial charge in [0, 0.05) is 35.2 Å². The summed E-state index contributed by atoms with van der Waals surface area (Å²) in [5.41, 5.74) is 2.69. The number of thiazole rings is 1. The van der Waals surface area contributed by atoms with E-state index in [0.717, 1.165) is 26.8 Å². The molecule has 2 aromatic carbocycles. The number of urea groups is 1. The van der Waals surface area contributed by atoms with E-state index in [2.05, 4.69) is 5.32 Å². The van der Waals surface area contributed by atoms with E-state index in [1.165, 1.54) is 0 Å². The predicted molar refractivity (Wildman–Crippen MR) is 126 cm³/mol. The van der Waals surface area contributed by atoms with Crippen molar-refractivity contribution in [3.63, 3.8) is 0 Å². The lowest BCUT2D eigenvalue weighted by Gasteiger charge is -2.26. The molecule has 5 rings (SSSR count). The van der Waals surface area contributed by atoms with Gasteiger partial charge < -0.3 is 24.4 Å². The average Bonchev–Trinajstić information content (AvgIpc) is 3.41. The number of anilines is 1. The first-order valence-electron chi connectivity index (χ1n) is 10.4. The molecule has 170 valence electrons. The number of hydrogen-bond donors (Lipinski definition) is 1. The molecule has 3 heterocycles. The van der Waals surface area contributed by atoms with Crippen LogP contribution >= 0.6 is 11.3 Å². The molecular weight excluding hydrogens is 442 g/mol. The Morgan fingerprint density at radius 1 is 1.03 bits per heavy atom. The van der Waals surface area contributed by atoms with Crippen LogP contribution in [0.25, 0.3) is 16.3 Å². The Bertz CT molecular complexity index is 1310. The van der Waals surface area contributed by atoms with E-state index in [4.69, 9.17) is 24.3 Å². The standard InChI is InChI=1S/C23H23N5O4S/c1-30-16-7-4-14(5-8-16)21-25-23-28(26-21)17-10-11-27(13-20(17)33-23)22(29)24-15-6-9-18(31-2)19(12-15)32-3/h4-9,12H,10-11,13H2,1-3H3,(H,24,29). The van der Waals surface area contributed by atoms with Gasteiger partial charge in [-0.05, 0) is 36.4 Å². The second-order valence-electron chi connectivity index (χ2n) is 7.50. The Morgan fingerprint density at radius 3 is 2.55 bits per heavy atom. The summed E-state index contributed by atoms with van der Waals surface area (Å²) in [4.78, 5) is 21.3. The SMILES string of the molecule is COc1ccc(-c2nc3sc4c(n3n2)CCN(C(=O)Nc2ccc(OC)c(OC)c2)C4)cc1. The quantitative estimate of drug-likeness (QED) is 0.478. The first kappa shape index (κ1) is 21.1. The molecule has 10 heteroatoms. The predicted octanol–water partition coefficient (Wildman–Crippen LogP) is 4.07. The third kappa shape index (κ3) is 3.93. The number of methoxy groups -OCH3 is 3. The Labute approximate surface area is 194 Å². The number of carbonyl (C=O) groups is 1. The van der Waals surface area contributed by atoms with Gasteiger partial charge >= 0.3 is 6.03 Å². The fourth-order valence-corrected chi connectivity index (χ4v) is 4.96. The van der Waals surface area contributed by atoms with Gasteiger partial charge in [0.2, 0.25) is 4.96 Å². The molecule has 0 radical (unpaired) electrons. The van der Waals surface area contributed by atoms with Crippen molar-refractivity contribution in [2.75, 3.05) is 33.2 Å². The zero-order valence-electron chi connectivity index (χ0n) is 18.5. The summed E-state index contributed by atoms with van der Waals surface area (Å²) in [6.45, 7) is 1.11. The summed E-state index contributed by atoms with van der Waals surface area (Å²) in [5.74, 6) is 2.65. The van der Waals surface area contributed by atoms with Crippen LogP contribution in [-0.2, 0) is 13.0 Å². The second-order valence-corrected chi connectivity index (χ2v) is 8.56. The highest BCUT2D eigenvalue weighted by atomic mass is 32.1. The molecule has 33 heavy (non-hydrogen) atoms. The van der Waals surface area contributed by atoms with Gasteiger partial charge in [0.1, 0.15) is 5.75 Å². The van der Waals surface area contributed by atoms with Crippen LogP contribution in [0, 0.1) is 0 Å². The summed E-state index contributed by atoms with van der Waals surface area (Å²) in [5, 5.41) is 7.66. The zero-order valence-corrected chi connectivity index (χ0v) is 19.3. The number of nitrogens with one attached hydrogen (secondary N) is 1. The Morgan fingerprint density at radius 2 is 1.82 bits per heavy atom. The molecule has 4 aromatic rings. The highest BCUT2D eigenvalue weighted by Gasteiger charge is 2.26. The van der Waals surface area contributed by atoms with Crippen molar-refractivity contribution in [1.82, 2.24) is 19.5 Å². The van der Waals surface area contributed by atoms with E-state index in [0.29, 0.717) is 42.5 Å². The Kier molecular flexibility index (Phi) is 5.51. The molecule has 0 fully saturated rings. The minimum Gasteiger partial charge on any atom is -0.497 e. The third-order valence-corrected chi connectivity index (χ3v) is 6.65. The molecule has 0 atom stereocenters. The molecule has 0 bridgehead atoms. The van der Waals surface area contributed by atoms with Gasteiger partial charge in [0.15, 0.2) is 17.3 Å². The summed E-state index contributed by atoms with van der Waals surface area (Å²) >= 11 is 1.57. The van der Waals surface area contributed by atoms with Crippen LogP contribution in [0.5, 0.6) is 17.2 Å². The number of benzene rings is 2. The first-order valence-corrected chi connectivity index (χ1v) is 11.2. The van der Waals surface area contributed by atoms with Crippen LogP contribution in [0.3, 0.4) is 0 Å². The van der Waals surface area contributed by atoms with Crippen molar-refractivity contribution < 1.29 is 19.0 Å². The van der Waals surface area contributed by atoms with E-state index >= 15 is 0 Å². The maximum absolute atomic E-state index is 12.9. The molecule has 1 aliphatic rings. The van der Waals surface area contributed by atoms with Gasteiger partial charge in [0.25, 0.3) is 0 Å². The number of ether oxygens (including phenoxy) is 3. The largest absolute Gasteiger partial charge is 0.497 e. The van der Waals surface area contributed by atoms with Crippen molar-refractivity contribution in [1.29, 1.82) is 0 Å². The molecule has 1 aliphatic heterocycles. The monoisotopic (exact) mass is 465 g/mol. The summed E-state index contributed by atoms with van der Waals surface area (Å²) in [6.07, 6.45) is 0.708. The fraction of sp³-hybridized carbons (Fsp3) is 0.261. The number of fused-ring (bicyclic) bond motifs is 3. The molecule has 0 saturated heterocycles. The summed E-state index contributed by atoms with van der Waals surface area (Å²) in [7, 11) is 4.79. The maximum Gasteiger partial charge on any atom is 0.322 e. The van der Waals surface area contributed by atoms with Crippen molar-refractivity contribution in [2.24, 2.45) is 0 Å². The minimum atomic E-state index is -0.161. The van der Waals surface area contributed by atoms with Crippen LogP contribution in [0.2, 0.25) is 0 Å². The van der Waals surface area contributed by atoms with Crippen LogP contribution < -0.4 is 19.5 Å². The lowest BCUT2D eigenvalue weighted by molar-refractivity contribution is 0.206. The van der Waals surface area contributed by atoms with E-state index < -0.39 is 0 Å². The second kappa shape index (κ2) is 8.62. The van der Waals surface area contributed by atoms with Crippen LogP contribution in [-0.4, -0.2) is 53.4 Å². The van der Waals surface area contributed by atoms with E-state index in [-0.39, 0.29) is 6.03 Å². The molecule has 2 aromatic heterocycles. The molecular formula is C23H23N5O4S. The molecule has 9 nitrogen and oxygen atoms in total. The molecule has 0 spiro atoms. The molecule has 2 amide bonds. The number of rotatable bonds is 5. The van der Waals surface area contributed by atoms with E-state index in [1.54, 1.807) is 55.8 Å². The highest BCUT2D eigenvalue weighted by Crippen LogP contribution is 2.32. The number of carbonyl (C=O) groups excluding carboxylic acids is 1. The summed E-state index contributed by atoms with van der Waals surface area (Å²) < 4.78 is 17.7. The lowest BCUT2D eigenvalue weighted by atomic mass is 10.2. The van der Waals surface area contributed by atoms with Crippen molar-refractivity contribution >= 4 is 28.0 Å². The molecule has 0 unspecified atom stereocenters.